The Morgan fingerprint density at radius 1 is 1.39 bits per heavy atom. The monoisotopic (exact) mass is 339 g/mol. The van der Waals surface area contributed by atoms with Crippen molar-refractivity contribution in [3.8, 4) is 5.75 Å². The second-order valence-electron chi connectivity index (χ2n) is 6.03. The maximum atomic E-state index is 12.4. The Balaban J connectivity index is 1.63. The summed E-state index contributed by atoms with van der Waals surface area (Å²) < 4.78 is 34.3. The van der Waals surface area contributed by atoms with Crippen LogP contribution in [0.15, 0.2) is 29.2 Å². The van der Waals surface area contributed by atoms with Crippen LogP contribution in [0.5, 0.6) is 5.75 Å². The van der Waals surface area contributed by atoms with Gasteiger partial charge in [-0.2, -0.15) is 0 Å². The normalized spacial score (nSPS) is 24.3. The lowest BCUT2D eigenvalue weighted by Crippen LogP contribution is -2.52. The van der Waals surface area contributed by atoms with Crippen molar-refractivity contribution < 1.29 is 22.7 Å². The van der Waals surface area contributed by atoms with Gasteiger partial charge >= 0.3 is 0 Å². The predicted octanol–water partition coefficient (Wildman–Crippen LogP) is 1.25. The van der Waals surface area contributed by atoms with Crippen molar-refractivity contribution in [2.75, 3.05) is 26.0 Å². The number of morpholine rings is 1. The van der Waals surface area contributed by atoms with Gasteiger partial charge in [0, 0.05) is 12.8 Å². The maximum Gasteiger partial charge on any atom is 0.260 e. The lowest BCUT2D eigenvalue weighted by atomic mass is 10.1. The van der Waals surface area contributed by atoms with Gasteiger partial charge in [-0.25, -0.2) is 8.42 Å². The Hall–Kier alpha value is -1.60. The van der Waals surface area contributed by atoms with E-state index in [1.54, 1.807) is 12.1 Å². The molecular formula is C16H21NO5S. The number of rotatable bonds is 4. The number of hydrogen-bond donors (Lipinski definition) is 0. The fraction of sp³-hybridized carbons (Fsp3) is 0.562. The van der Waals surface area contributed by atoms with Gasteiger partial charge in [0.2, 0.25) is 0 Å². The van der Waals surface area contributed by atoms with E-state index in [9.17, 15) is 13.2 Å². The van der Waals surface area contributed by atoms with E-state index >= 15 is 0 Å². The van der Waals surface area contributed by atoms with Gasteiger partial charge in [0.05, 0.1) is 23.6 Å². The average molecular weight is 339 g/mol. The van der Waals surface area contributed by atoms with Crippen molar-refractivity contribution in [2.24, 2.45) is 0 Å². The van der Waals surface area contributed by atoms with Crippen LogP contribution in [0.4, 0.5) is 0 Å². The summed E-state index contributed by atoms with van der Waals surface area (Å²) in [5, 5.41) is 0. The third-order valence-electron chi connectivity index (χ3n) is 4.40. The molecule has 1 saturated heterocycles. The molecule has 1 heterocycles. The summed E-state index contributed by atoms with van der Waals surface area (Å²) in [5.41, 5.74) is 0. The molecule has 3 rings (SSSR count). The molecule has 1 aromatic rings. The van der Waals surface area contributed by atoms with Gasteiger partial charge in [-0.1, -0.05) is 6.07 Å². The van der Waals surface area contributed by atoms with Crippen molar-refractivity contribution in [1.29, 1.82) is 0 Å². The number of hydrogen-bond acceptors (Lipinski definition) is 5. The number of carbonyl (C=O) groups excluding carboxylic acids is 1. The molecule has 1 aliphatic carbocycles. The van der Waals surface area contributed by atoms with E-state index in [0.717, 1.165) is 25.5 Å². The van der Waals surface area contributed by atoms with Gasteiger partial charge in [-0.3, -0.25) is 4.79 Å². The Labute approximate surface area is 136 Å². The molecule has 0 N–H and O–H groups in total. The number of benzene rings is 1. The van der Waals surface area contributed by atoms with Crippen LogP contribution >= 0.6 is 0 Å². The van der Waals surface area contributed by atoms with Crippen molar-refractivity contribution in [3.63, 3.8) is 0 Å². The minimum absolute atomic E-state index is 0.0741. The van der Waals surface area contributed by atoms with Crippen molar-refractivity contribution in [3.05, 3.63) is 24.3 Å². The molecule has 23 heavy (non-hydrogen) atoms. The van der Waals surface area contributed by atoms with Crippen LogP contribution in [-0.2, 0) is 19.4 Å². The lowest BCUT2D eigenvalue weighted by molar-refractivity contribution is -0.146. The highest BCUT2D eigenvalue weighted by atomic mass is 32.2. The van der Waals surface area contributed by atoms with Crippen LogP contribution in [-0.4, -0.2) is 57.4 Å². The SMILES string of the molecule is CS(=O)(=O)c1cccc(OCC(=O)N2CCOC3CCCC32)c1. The van der Waals surface area contributed by atoms with E-state index < -0.39 is 9.84 Å². The highest BCUT2D eigenvalue weighted by molar-refractivity contribution is 7.90. The van der Waals surface area contributed by atoms with Gasteiger partial charge in [0.15, 0.2) is 16.4 Å². The molecular weight excluding hydrogens is 318 g/mol. The number of fused-ring (bicyclic) bond motifs is 1. The summed E-state index contributed by atoms with van der Waals surface area (Å²) in [4.78, 5) is 14.5. The molecule has 1 aromatic carbocycles. The molecule has 0 spiro atoms. The molecule has 7 heteroatoms. The minimum atomic E-state index is -3.29. The van der Waals surface area contributed by atoms with Crippen LogP contribution < -0.4 is 4.74 Å². The highest BCUT2D eigenvalue weighted by Crippen LogP contribution is 2.29. The first-order valence-electron chi connectivity index (χ1n) is 7.79. The third-order valence-corrected chi connectivity index (χ3v) is 5.51. The van der Waals surface area contributed by atoms with Crippen LogP contribution in [0.25, 0.3) is 0 Å². The molecule has 2 fully saturated rings. The zero-order chi connectivity index (χ0) is 16.4. The van der Waals surface area contributed by atoms with Gasteiger partial charge in [0.1, 0.15) is 5.75 Å². The molecule has 2 atom stereocenters. The fourth-order valence-electron chi connectivity index (χ4n) is 3.26. The summed E-state index contributed by atoms with van der Waals surface area (Å²) in [7, 11) is -3.29. The molecule has 2 aliphatic rings. The van der Waals surface area contributed by atoms with Gasteiger partial charge in [-0.15, -0.1) is 0 Å². The van der Waals surface area contributed by atoms with Crippen molar-refractivity contribution in [2.45, 2.75) is 36.3 Å². The minimum Gasteiger partial charge on any atom is -0.484 e. The molecule has 6 nitrogen and oxygen atoms in total. The van der Waals surface area contributed by atoms with E-state index in [1.807, 2.05) is 4.90 Å². The molecule has 126 valence electrons. The molecule has 1 amide bonds. The van der Waals surface area contributed by atoms with Crippen molar-refractivity contribution in [1.82, 2.24) is 4.90 Å². The molecule has 0 radical (unpaired) electrons. The van der Waals surface area contributed by atoms with Gasteiger partial charge in [-0.05, 0) is 37.5 Å². The smallest absolute Gasteiger partial charge is 0.260 e. The fourth-order valence-corrected chi connectivity index (χ4v) is 3.91. The van der Waals surface area contributed by atoms with Crippen LogP contribution in [0, 0.1) is 0 Å². The maximum absolute atomic E-state index is 12.4. The largest absolute Gasteiger partial charge is 0.484 e. The van der Waals surface area contributed by atoms with Gasteiger partial charge in [0.25, 0.3) is 5.91 Å². The quantitative estimate of drug-likeness (QED) is 0.825. The second-order valence-corrected chi connectivity index (χ2v) is 8.05. The summed E-state index contributed by atoms with van der Waals surface area (Å²) in [6.07, 6.45) is 4.36. The summed E-state index contributed by atoms with van der Waals surface area (Å²) in [6, 6.07) is 6.37. The molecule has 0 aromatic heterocycles. The van der Waals surface area contributed by atoms with E-state index in [2.05, 4.69) is 0 Å². The van der Waals surface area contributed by atoms with Crippen LogP contribution in [0.1, 0.15) is 19.3 Å². The average Bonchev–Trinajstić information content (AvgIpc) is 3.00. The van der Waals surface area contributed by atoms with Crippen LogP contribution in [0.2, 0.25) is 0 Å². The molecule has 2 unspecified atom stereocenters. The number of sulfone groups is 1. The summed E-state index contributed by atoms with van der Waals surface area (Å²) >= 11 is 0. The van der Waals surface area contributed by atoms with Gasteiger partial charge < -0.3 is 14.4 Å². The Bertz CT molecular complexity index is 687. The number of nitrogens with zero attached hydrogens (tertiary/aromatic N) is 1. The lowest BCUT2D eigenvalue weighted by Gasteiger charge is -2.37. The Morgan fingerprint density at radius 3 is 3.00 bits per heavy atom. The standard InChI is InChI=1S/C16H21NO5S/c1-23(19,20)13-5-2-4-12(10-13)22-11-16(18)17-8-9-21-15-7-3-6-14(15)17/h2,4-5,10,14-15H,3,6-9,11H2,1H3. The zero-order valence-corrected chi connectivity index (χ0v) is 13.9. The Morgan fingerprint density at radius 2 is 2.22 bits per heavy atom. The van der Waals surface area contributed by atoms with E-state index in [-0.39, 0.29) is 29.6 Å². The first-order valence-corrected chi connectivity index (χ1v) is 9.68. The van der Waals surface area contributed by atoms with Crippen LogP contribution in [0.3, 0.4) is 0 Å². The predicted molar refractivity (Wildman–Crippen MR) is 84.1 cm³/mol. The highest BCUT2D eigenvalue weighted by Gasteiger charge is 2.38. The number of carbonyl (C=O) groups is 1. The Kier molecular flexibility index (Phi) is 4.59. The molecule has 1 aliphatic heterocycles. The van der Waals surface area contributed by atoms with Crippen molar-refractivity contribution >= 4 is 15.7 Å². The number of amides is 1. The first-order chi connectivity index (χ1) is 10.9. The van der Waals surface area contributed by atoms with E-state index in [1.165, 1.54) is 12.1 Å². The summed E-state index contributed by atoms with van der Waals surface area (Å²) in [5.74, 6) is 0.312. The molecule has 0 bridgehead atoms. The topological polar surface area (TPSA) is 72.9 Å². The number of ether oxygens (including phenoxy) is 2. The van der Waals surface area contributed by atoms with E-state index in [0.29, 0.717) is 18.9 Å². The zero-order valence-electron chi connectivity index (χ0n) is 13.1. The first kappa shape index (κ1) is 16.3. The molecule has 1 saturated carbocycles. The third kappa shape index (κ3) is 3.67. The second kappa shape index (κ2) is 6.49. The summed E-state index contributed by atoms with van der Waals surface area (Å²) in [6.45, 7) is 1.07. The van der Waals surface area contributed by atoms with E-state index in [4.69, 9.17) is 9.47 Å².